The van der Waals surface area contributed by atoms with Crippen LogP contribution in [0.15, 0.2) is 36.4 Å². The first kappa shape index (κ1) is 21.3. The van der Waals surface area contributed by atoms with E-state index in [4.69, 9.17) is 16.6 Å². The fourth-order valence-corrected chi connectivity index (χ4v) is 5.04. The van der Waals surface area contributed by atoms with Crippen LogP contribution in [0.5, 0.6) is 0 Å². The molecule has 0 saturated carbocycles. The summed E-state index contributed by atoms with van der Waals surface area (Å²) in [6.45, 7) is 7.36. The van der Waals surface area contributed by atoms with Gasteiger partial charge in [-0.15, -0.1) is 0 Å². The predicted molar refractivity (Wildman–Crippen MR) is 130 cm³/mol. The van der Waals surface area contributed by atoms with Crippen molar-refractivity contribution in [2.24, 2.45) is 5.92 Å². The summed E-state index contributed by atoms with van der Waals surface area (Å²) in [5, 5.41) is 0.673. The Hall–Kier alpha value is -2.57. The highest BCUT2D eigenvalue weighted by Crippen LogP contribution is 2.33. The highest BCUT2D eigenvalue weighted by atomic mass is 35.5. The van der Waals surface area contributed by atoms with Crippen LogP contribution in [0, 0.1) is 12.8 Å². The second-order valence-electron chi connectivity index (χ2n) is 9.18. The highest BCUT2D eigenvalue weighted by molar-refractivity contribution is 6.33. The molecule has 1 aromatic heterocycles. The second-order valence-corrected chi connectivity index (χ2v) is 9.59. The van der Waals surface area contributed by atoms with E-state index in [1.165, 1.54) is 5.56 Å². The number of piperazine rings is 1. The van der Waals surface area contributed by atoms with E-state index in [1.807, 2.05) is 6.07 Å². The van der Waals surface area contributed by atoms with Gasteiger partial charge >= 0.3 is 0 Å². The maximum atomic E-state index is 13.2. The minimum Gasteiger partial charge on any atom is -0.371 e. The van der Waals surface area contributed by atoms with Crippen molar-refractivity contribution in [3.63, 3.8) is 0 Å². The third kappa shape index (κ3) is 4.21. The third-order valence-electron chi connectivity index (χ3n) is 6.79. The van der Waals surface area contributed by atoms with Gasteiger partial charge in [-0.1, -0.05) is 17.7 Å². The van der Waals surface area contributed by atoms with Gasteiger partial charge in [-0.3, -0.25) is 4.79 Å². The number of piperidine rings is 1. The molecule has 5 rings (SSSR count). The van der Waals surface area contributed by atoms with Crippen LogP contribution >= 0.6 is 11.6 Å². The molecule has 7 heteroatoms. The van der Waals surface area contributed by atoms with Gasteiger partial charge < -0.3 is 19.7 Å². The number of aromatic nitrogens is 2. The Morgan fingerprint density at radius 2 is 1.91 bits per heavy atom. The average Bonchev–Trinajstić information content (AvgIpc) is 3.22. The molecule has 0 unspecified atom stereocenters. The summed E-state index contributed by atoms with van der Waals surface area (Å²) < 4.78 is 0. The first-order valence-corrected chi connectivity index (χ1v) is 11.8. The lowest BCUT2D eigenvalue weighted by Gasteiger charge is -2.39. The van der Waals surface area contributed by atoms with Crippen molar-refractivity contribution in [3.05, 3.63) is 47.0 Å². The molecule has 3 heterocycles. The molecule has 2 aromatic carbocycles. The normalized spacial score (nSPS) is 20.2. The number of rotatable bonds is 3. The standard InChI is InChI=1S/C25H30ClN5O/c1-17-5-8-22-23(14-17)28-24(27-22)20-15-19(6-7-21(20)26)31-9-3-4-18(16-31)25(32)30-12-10-29(2)11-13-30/h5-8,14-15,18H,3-4,9-13,16H2,1-2H3,(H,27,28)/t18-/m0/s1. The Kier molecular flexibility index (Phi) is 5.82. The number of halogens is 1. The summed E-state index contributed by atoms with van der Waals surface area (Å²) >= 11 is 6.58. The summed E-state index contributed by atoms with van der Waals surface area (Å²) in [7, 11) is 2.12. The fraction of sp³-hybridized carbons (Fsp3) is 0.440. The number of hydrogen-bond acceptors (Lipinski definition) is 4. The largest absolute Gasteiger partial charge is 0.371 e. The van der Waals surface area contributed by atoms with Gasteiger partial charge in [-0.25, -0.2) is 4.98 Å². The molecule has 2 aliphatic rings. The molecule has 32 heavy (non-hydrogen) atoms. The number of aromatic amines is 1. The zero-order chi connectivity index (χ0) is 22.2. The van der Waals surface area contributed by atoms with E-state index in [1.54, 1.807) is 0 Å². The average molecular weight is 452 g/mol. The number of nitrogens with zero attached hydrogens (tertiary/aromatic N) is 4. The summed E-state index contributed by atoms with van der Waals surface area (Å²) in [4.78, 5) is 28.0. The van der Waals surface area contributed by atoms with Crippen molar-refractivity contribution in [2.45, 2.75) is 19.8 Å². The number of aryl methyl sites for hydroxylation is 1. The lowest BCUT2D eigenvalue weighted by Crippen LogP contribution is -2.51. The van der Waals surface area contributed by atoms with Gasteiger partial charge in [0.15, 0.2) is 0 Å². The number of imidazole rings is 1. The molecule has 1 amide bonds. The fourth-order valence-electron chi connectivity index (χ4n) is 4.83. The van der Waals surface area contributed by atoms with Gasteiger partial charge in [0, 0.05) is 50.5 Å². The van der Waals surface area contributed by atoms with Crippen LogP contribution in [0.2, 0.25) is 5.02 Å². The van der Waals surface area contributed by atoms with Crippen molar-refractivity contribution in [1.82, 2.24) is 19.8 Å². The number of nitrogens with one attached hydrogen (secondary N) is 1. The van der Waals surface area contributed by atoms with Gasteiger partial charge in [0.05, 0.1) is 22.0 Å². The Bertz CT molecular complexity index is 1130. The third-order valence-corrected chi connectivity index (χ3v) is 7.12. The van der Waals surface area contributed by atoms with Crippen LogP contribution in [0.1, 0.15) is 18.4 Å². The number of carbonyl (C=O) groups excluding carboxylic acids is 1. The number of H-pyrrole nitrogens is 1. The molecule has 6 nitrogen and oxygen atoms in total. The van der Waals surface area contributed by atoms with Gasteiger partial charge in [0.25, 0.3) is 0 Å². The van der Waals surface area contributed by atoms with E-state index in [0.717, 1.165) is 80.2 Å². The molecule has 0 aliphatic carbocycles. The summed E-state index contributed by atoms with van der Waals surface area (Å²) in [6, 6.07) is 12.3. The molecule has 1 atom stereocenters. The van der Waals surface area contributed by atoms with Crippen LogP contribution in [0.4, 0.5) is 5.69 Å². The smallest absolute Gasteiger partial charge is 0.227 e. The molecule has 2 aliphatic heterocycles. The maximum Gasteiger partial charge on any atom is 0.227 e. The zero-order valence-corrected chi connectivity index (χ0v) is 19.5. The SMILES string of the molecule is Cc1ccc2[nH]c(-c3cc(N4CCC[C@H](C(=O)N5CCN(C)CC5)C4)ccc3Cl)nc2c1. The van der Waals surface area contributed by atoms with Gasteiger partial charge in [0.2, 0.25) is 5.91 Å². The van der Waals surface area contributed by atoms with E-state index >= 15 is 0 Å². The number of likely N-dealkylation sites (N-methyl/N-ethyl adjacent to an activating group) is 1. The molecule has 0 radical (unpaired) electrons. The molecule has 2 saturated heterocycles. The number of anilines is 1. The van der Waals surface area contributed by atoms with Crippen LogP contribution in [0.3, 0.4) is 0 Å². The first-order valence-electron chi connectivity index (χ1n) is 11.5. The van der Waals surface area contributed by atoms with Crippen LogP contribution in [-0.4, -0.2) is 72.0 Å². The highest BCUT2D eigenvalue weighted by Gasteiger charge is 2.31. The number of benzene rings is 2. The van der Waals surface area contributed by atoms with E-state index in [2.05, 4.69) is 64.0 Å². The van der Waals surface area contributed by atoms with Crippen molar-refractivity contribution in [2.75, 3.05) is 51.2 Å². The zero-order valence-electron chi connectivity index (χ0n) is 18.8. The van der Waals surface area contributed by atoms with Gasteiger partial charge in [-0.05, 0) is 62.7 Å². The van der Waals surface area contributed by atoms with E-state index in [0.29, 0.717) is 10.9 Å². The lowest BCUT2D eigenvalue weighted by molar-refractivity contribution is -0.137. The summed E-state index contributed by atoms with van der Waals surface area (Å²) in [5.41, 5.74) is 5.11. The molecule has 0 spiro atoms. The summed E-state index contributed by atoms with van der Waals surface area (Å²) in [6.07, 6.45) is 1.98. The van der Waals surface area contributed by atoms with Gasteiger partial charge in [-0.2, -0.15) is 0 Å². The summed E-state index contributed by atoms with van der Waals surface area (Å²) in [5.74, 6) is 1.14. The number of carbonyl (C=O) groups is 1. The molecular weight excluding hydrogens is 422 g/mol. The van der Waals surface area contributed by atoms with Crippen LogP contribution < -0.4 is 4.90 Å². The van der Waals surface area contributed by atoms with E-state index in [9.17, 15) is 4.79 Å². The van der Waals surface area contributed by atoms with Crippen LogP contribution in [0.25, 0.3) is 22.4 Å². The maximum absolute atomic E-state index is 13.2. The first-order chi connectivity index (χ1) is 15.5. The quantitative estimate of drug-likeness (QED) is 0.649. The molecular formula is C25H30ClN5O. The molecule has 2 fully saturated rings. The Morgan fingerprint density at radius 3 is 2.72 bits per heavy atom. The predicted octanol–water partition coefficient (Wildman–Crippen LogP) is 4.18. The monoisotopic (exact) mass is 451 g/mol. The van der Waals surface area contributed by atoms with E-state index in [-0.39, 0.29) is 5.92 Å². The Labute approximate surface area is 194 Å². The molecule has 3 aromatic rings. The molecule has 168 valence electrons. The van der Waals surface area contributed by atoms with Gasteiger partial charge in [0.1, 0.15) is 5.82 Å². The van der Waals surface area contributed by atoms with Crippen molar-refractivity contribution >= 4 is 34.2 Å². The molecule has 1 N–H and O–H groups in total. The minimum absolute atomic E-state index is 0.0560. The van der Waals surface area contributed by atoms with Crippen molar-refractivity contribution < 1.29 is 4.79 Å². The topological polar surface area (TPSA) is 55.5 Å². The molecule has 0 bridgehead atoms. The van der Waals surface area contributed by atoms with Crippen molar-refractivity contribution in [1.29, 1.82) is 0 Å². The number of amides is 1. The number of hydrogen-bond donors (Lipinski definition) is 1. The minimum atomic E-state index is 0.0560. The lowest BCUT2D eigenvalue weighted by atomic mass is 9.95. The second kappa shape index (κ2) is 8.75. The van der Waals surface area contributed by atoms with Crippen LogP contribution in [-0.2, 0) is 4.79 Å². The Morgan fingerprint density at radius 1 is 1.09 bits per heavy atom. The Balaban J connectivity index is 1.37. The van der Waals surface area contributed by atoms with Crippen molar-refractivity contribution in [3.8, 4) is 11.4 Å². The van der Waals surface area contributed by atoms with E-state index < -0.39 is 0 Å². The number of fused-ring (bicyclic) bond motifs is 1.